The first kappa shape index (κ1) is 13.7. The Bertz CT molecular complexity index is 396. The monoisotopic (exact) mass is 312 g/mol. The molecule has 0 aliphatic heterocycles. The zero-order valence-corrected chi connectivity index (χ0v) is 11.5. The van der Waals surface area contributed by atoms with E-state index in [4.69, 9.17) is 16.3 Å². The molecule has 1 rings (SSSR count). The third-order valence-electron chi connectivity index (χ3n) is 2.41. The molecule has 16 heavy (non-hydrogen) atoms. The van der Waals surface area contributed by atoms with Gasteiger partial charge in [-0.2, -0.15) is 0 Å². The van der Waals surface area contributed by atoms with Crippen molar-refractivity contribution < 1.29 is 13.5 Å². The summed E-state index contributed by atoms with van der Waals surface area (Å²) in [5, 5.41) is -1.36. The fraction of sp³-hybridized carbons (Fsp3) is 0.455. The molecule has 0 aliphatic carbocycles. The number of halogens is 4. The summed E-state index contributed by atoms with van der Waals surface area (Å²) in [5.74, 6) is 0.431. The standard InChI is InChI=1S/C11H12BrClF2O/c1-5-4-7(12)6(2)8(10(5)16-3)9(13)11(14)15/h4,9,11H,1-3H3. The number of aryl methyl sites for hydroxylation is 1. The lowest BCUT2D eigenvalue weighted by Crippen LogP contribution is -2.08. The lowest BCUT2D eigenvalue weighted by molar-refractivity contribution is 0.141. The Morgan fingerprint density at radius 3 is 2.38 bits per heavy atom. The summed E-state index contributed by atoms with van der Waals surface area (Å²) in [5.41, 5.74) is 1.81. The fourth-order valence-corrected chi connectivity index (χ4v) is 2.42. The summed E-state index contributed by atoms with van der Waals surface area (Å²) in [6.07, 6.45) is -2.62. The van der Waals surface area contributed by atoms with Gasteiger partial charge in [-0.25, -0.2) is 8.78 Å². The van der Waals surface area contributed by atoms with E-state index in [-0.39, 0.29) is 0 Å². The van der Waals surface area contributed by atoms with E-state index in [0.29, 0.717) is 16.9 Å². The molecular formula is C11H12BrClF2O. The van der Waals surface area contributed by atoms with E-state index in [2.05, 4.69) is 15.9 Å². The van der Waals surface area contributed by atoms with Crippen molar-refractivity contribution in [1.29, 1.82) is 0 Å². The van der Waals surface area contributed by atoms with Gasteiger partial charge in [-0.3, -0.25) is 0 Å². The predicted molar refractivity (Wildman–Crippen MR) is 64.8 cm³/mol. The molecule has 1 nitrogen and oxygen atoms in total. The van der Waals surface area contributed by atoms with Gasteiger partial charge in [-0.1, -0.05) is 15.9 Å². The molecule has 5 heteroatoms. The normalized spacial score (nSPS) is 13.0. The zero-order chi connectivity index (χ0) is 12.5. The van der Waals surface area contributed by atoms with Gasteiger partial charge in [0.2, 0.25) is 0 Å². The van der Waals surface area contributed by atoms with Gasteiger partial charge in [0, 0.05) is 10.0 Å². The third kappa shape index (κ3) is 2.48. The van der Waals surface area contributed by atoms with Gasteiger partial charge >= 0.3 is 0 Å². The van der Waals surface area contributed by atoms with Crippen molar-refractivity contribution >= 4 is 27.5 Å². The molecule has 0 spiro atoms. The Kier molecular flexibility index (Phi) is 4.56. The zero-order valence-electron chi connectivity index (χ0n) is 9.15. The number of benzene rings is 1. The Labute approximate surface area is 107 Å². The highest BCUT2D eigenvalue weighted by Crippen LogP contribution is 2.41. The van der Waals surface area contributed by atoms with Gasteiger partial charge in [0.1, 0.15) is 11.1 Å². The van der Waals surface area contributed by atoms with E-state index in [1.165, 1.54) is 7.11 Å². The molecule has 0 saturated carbocycles. The maximum absolute atomic E-state index is 12.7. The maximum Gasteiger partial charge on any atom is 0.258 e. The minimum atomic E-state index is -2.62. The molecule has 1 aromatic rings. The van der Waals surface area contributed by atoms with Gasteiger partial charge in [-0.05, 0) is 31.0 Å². The Morgan fingerprint density at radius 1 is 1.38 bits per heavy atom. The molecule has 0 saturated heterocycles. The van der Waals surface area contributed by atoms with E-state index < -0.39 is 11.8 Å². The number of hydrogen-bond acceptors (Lipinski definition) is 1. The summed E-state index contributed by atoms with van der Waals surface area (Å²) < 4.78 is 31.2. The van der Waals surface area contributed by atoms with Crippen molar-refractivity contribution in [2.75, 3.05) is 7.11 Å². The van der Waals surface area contributed by atoms with Crippen LogP contribution in [0.5, 0.6) is 5.75 Å². The highest BCUT2D eigenvalue weighted by atomic mass is 79.9. The molecule has 0 bridgehead atoms. The van der Waals surface area contributed by atoms with Crippen molar-refractivity contribution in [3.8, 4) is 5.75 Å². The van der Waals surface area contributed by atoms with Crippen molar-refractivity contribution in [3.63, 3.8) is 0 Å². The van der Waals surface area contributed by atoms with Crippen LogP contribution in [0.1, 0.15) is 22.1 Å². The number of alkyl halides is 3. The van der Waals surface area contributed by atoms with E-state index in [0.717, 1.165) is 10.0 Å². The number of ether oxygens (including phenoxy) is 1. The summed E-state index contributed by atoms with van der Waals surface area (Å²) >= 11 is 9.04. The van der Waals surface area contributed by atoms with Crippen molar-refractivity contribution in [3.05, 3.63) is 27.2 Å². The highest BCUT2D eigenvalue weighted by molar-refractivity contribution is 9.10. The summed E-state index contributed by atoms with van der Waals surface area (Å²) in [6.45, 7) is 3.53. The average molecular weight is 314 g/mol. The summed E-state index contributed by atoms with van der Waals surface area (Å²) in [6, 6.07) is 1.83. The van der Waals surface area contributed by atoms with Crippen molar-refractivity contribution in [2.45, 2.75) is 25.7 Å². The van der Waals surface area contributed by atoms with Crippen LogP contribution in [0, 0.1) is 13.8 Å². The third-order valence-corrected chi connectivity index (χ3v) is 3.64. The smallest absolute Gasteiger partial charge is 0.258 e. The molecule has 0 radical (unpaired) electrons. The predicted octanol–water partition coefficient (Wildman–Crippen LogP) is 4.62. The van der Waals surface area contributed by atoms with Crippen LogP contribution in [-0.4, -0.2) is 13.5 Å². The minimum absolute atomic E-state index is 0.353. The molecule has 0 N–H and O–H groups in total. The second kappa shape index (κ2) is 5.32. The molecule has 0 amide bonds. The topological polar surface area (TPSA) is 9.23 Å². The number of rotatable bonds is 3. The van der Waals surface area contributed by atoms with Gasteiger partial charge in [0.05, 0.1) is 7.11 Å². The molecule has 1 atom stereocenters. The number of hydrogen-bond donors (Lipinski definition) is 0. The van der Waals surface area contributed by atoms with Crippen LogP contribution < -0.4 is 4.74 Å². The summed E-state index contributed by atoms with van der Waals surface area (Å²) in [7, 11) is 1.45. The lowest BCUT2D eigenvalue weighted by Gasteiger charge is -2.19. The SMILES string of the molecule is COc1c(C)cc(Br)c(C)c1C(Cl)C(F)F. The van der Waals surface area contributed by atoms with Crippen LogP contribution in [0.15, 0.2) is 10.5 Å². The van der Waals surface area contributed by atoms with Crippen LogP contribution in [-0.2, 0) is 0 Å². The van der Waals surface area contributed by atoms with E-state index in [1.54, 1.807) is 13.8 Å². The molecule has 0 fully saturated rings. The molecule has 1 unspecified atom stereocenters. The van der Waals surface area contributed by atoms with Crippen LogP contribution in [0.2, 0.25) is 0 Å². The van der Waals surface area contributed by atoms with E-state index >= 15 is 0 Å². The van der Waals surface area contributed by atoms with Gasteiger partial charge in [0.15, 0.2) is 0 Å². The van der Waals surface area contributed by atoms with E-state index in [1.807, 2.05) is 6.07 Å². The second-order valence-corrected chi connectivity index (χ2v) is 4.81. The molecule has 90 valence electrons. The average Bonchev–Trinajstić information content (AvgIpc) is 2.21. The molecule has 0 heterocycles. The Balaban J connectivity index is 3.44. The first-order chi connectivity index (χ1) is 7.40. The molecular weight excluding hydrogens is 301 g/mol. The van der Waals surface area contributed by atoms with Crippen molar-refractivity contribution in [2.24, 2.45) is 0 Å². The Morgan fingerprint density at radius 2 is 1.94 bits per heavy atom. The molecule has 0 aromatic heterocycles. The number of methoxy groups -OCH3 is 1. The highest BCUT2D eigenvalue weighted by Gasteiger charge is 2.27. The maximum atomic E-state index is 12.7. The van der Waals surface area contributed by atoms with Crippen LogP contribution in [0.4, 0.5) is 8.78 Å². The van der Waals surface area contributed by atoms with E-state index in [9.17, 15) is 8.78 Å². The molecule has 1 aromatic carbocycles. The van der Waals surface area contributed by atoms with Crippen molar-refractivity contribution in [1.82, 2.24) is 0 Å². The first-order valence-electron chi connectivity index (χ1n) is 4.66. The largest absolute Gasteiger partial charge is 0.496 e. The lowest BCUT2D eigenvalue weighted by atomic mass is 10.0. The van der Waals surface area contributed by atoms with Gasteiger partial charge in [-0.15, -0.1) is 11.6 Å². The summed E-state index contributed by atoms with van der Waals surface area (Å²) in [4.78, 5) is 0. The molecule has 0 aliphatic rings. The van der Waals surface area contributed by atoms with Crippen LogP contribution in [0.25, 0.3) is 0 Å². The quantitative estimate of drug-likeness (QED) is 0.740. The fourth-order valence-electron chi connectivity index (χ4n) is 1.60. The van der Waals surface area contributed by atoms with Gasteiger partial charge < -0.3 is 4.74 Å². The minimum Gasteiger partial charge on any atom is -0.496 e. The second-order valence-electron chi connectivity index (χ2n) is 3.48. The van der Waals surface area contributed by atoms with Crippen LogP contribution in [0.3, 0.4) is 0 Å². The Hall–Kier alpha value is -0.350. The van der Waals surface area contributed by atoms with Crippen LogP contribution >= 0.6 is 27.5 Å². The van der Waals surface area contributed by atoms with Gasteiger partial charge in [0.25, 0.3) is 6.43 Å². The first-order valence-corrected chi connectivity index (χ1v) is 5.88.